The van der Waals surface area contributed by atoms with E-state index in [1.54, 1.807) is 12.4 Å². The zero-order valence-corrected chi connectivity index (χ0v) is 13.6. The van der Waals surface area contributed by atoms with Gasteiger partial charge in [0.2, 0.25) is 5.28 Å². The van der Waals surface area contributed by atoms with Crippen LogP contribution in [0, 0.1) is 0 Å². The van der Waals surface area contributed by atoms with Crippen LogP contribution < -0.4 is 4.90 Å². The van der Waals surface area contributed by atoms with Crippen LogP contribution in [0.2, 0.25) is 10.3 Å². The average Bonchev–Trinajstić information content (AvgIpc) is 3.01. The van der Waals surface area contributed by atoms with Crippen LogP contribution in [-0.2, 0) is 0 Å². The molecule has 0 aliphatic rings. The summed E-state index contributed by atoms with van der Waals surface area (Å²) in [7, 11) is 1.92. The third kappa shape index (κ3) is 2.48. The third-order valence-corrected chi connectivity index (χ3v) is 4.12. The maximum Gasteiger partial charge on any atom is 0.224 e. The summed E-state index contributed by atoms with van der Waals surface area (Å²) in [5.74, 6) is 0.692. The van der Waals surface area contributed by atoms with Gasteiger partial charge < -0.3 is 9.88 Å². The van der Waals surface area contributed by atoms with Gasteiger partial charge in [0.1, 0.15) is 5.82 Å². The molecule has 1 N–H and O–H groups in total. The Labute approximate surface area is 141 Å². The summed E-state index contributed by atoms with van der Waals surface area (Å²) in [6.45, 7) is 0. The number of imidazole rings is 1. The lowest BCUT2D eigenvalue weighted by molar-refractivity contribution is 1.11. The maximum absolute atomic E-state index is 6.12. The molecule has 2 aromatic carbocycles. The molecule has 0 radical (unpaired) electrons. The molecule has 0 aliphatic heterocycles. The zero-order valence-electron chi connectivity index (χ0n) is 12.1. The monoisotopic (exact) mass is 343 g/mol. The van der Waals surface area contributed by atoms with Crippen LogP contribution >= 0.6 is 23.2 Å². The second-order valence-corrected chi connectivity index (χ2v) is 5.92. The van der Waals surface area contributed by atoms with Gasteiger partial charge in [-0.1, -0.05) is 11.6 Å². The van der Waals surface area contributed by atoms with Crippen LogP contribution in [0.15, 0.2) is 42.7 Å². The molecule has 5 nitrogen and oxygen atoms in total. The standard InChI is InChI=1S/C16H11Cl2N5/c1-23(10-3-5-13-14(7-10)20-8-19-13)15-11-6-9(17)2-4-12(11)21-16(18)22-15/h2-8H,1H3,(H,19,20). The van der Waals surface area contributed by atoms with Crippen LogP contribution in [0.3, 0.4) is 0 Å². The second-order valence-electron chi connectivity index (χ2n) is 5.14. The molecular weight excluding hydrogens is 333 g/mol. The van der Waals surface area contributed by atoms with Gasteiger partial charge >= 0.3 is 0 Å². The van der Waals surface area contributed by atoms with Crippen molar-refractivity contribution >= 4 is 56.6 Å². The van der Waals surface area contributed by atoms with E-state index in [2.05, 4.69) is 19.9 Å². The number of aromatic amines is 1. The number of halogens is 2. The molecule has 7 heteroatoms. The Kier molecular flexibility index (Phi) is 3.32. The van der Waals surface area contributed by atoms with Crippen molar-refractivity contribution in [3.8, 4) is 0 Å². The number of H-pyrrole nitrogens is 1. The predicted octanol–water partition coefficient (Wildman–Crippen LogP) is 4.58. The summed E-state index contributed by atoms with van der Waals surface area (Å²) in [5.41, 5.74) is 3.56. The highest BCUT2D eigenvalue weighted by Gasteiger charge is 2.14. The summed E-state index contributed by atoms with van der Waals surface area (Å²) < 4.78 is 0. The average molecular weight is 344 g/mol. The first kappa shape index (κ1) is 14.2. The molecule has 0 bridgehead atoms. The van der Waals surface area contributed by atoms with E-state index in [0.717, 1.165) is 27.6 Å². The molecule has 2 aromatic heterocycles. The number of hydrogen-bond donors (Lipinski definition) is 1. The van der Waals surface area contributed by atoms with E-state index in [4.69, 9.17) is 23.2 Å². The van der Waals surface area contributed by atoms with E-state index in [9.17, 15) is 0 Å². The van der Waals surface area contributed by atoms with Crippen LogP contribution in [0.25, 0.3) is 21.9 Å². The molecule has 23 heavy (non-hydrogen) atoms. The van der Waals surface area contributed by atoms with Crippen LogP contribution in [0.5, 0.6) is 0 Å². The lowest BCUT2D eigenvalue weighted by Crippen LogP contribution is -2.12. The van der Waals surface area contributed by atoms with Crippen molar-refractivity contribution in [2.75, 3.05) is 11.9 Å². The van der Waals surface area contributed by atoms with Gasteiger partial charge in [0.15, 0.2) is 0 Å². The van der Waals surface area contributed by atoms with Crippen LogP contribution in [0.1, 0.15) is 0 Å². The van der Waals surface area contributed by atoms with E-state index in [1.165, 1.54) is 0 Å². The number of hydrogen-bond acceptors (Lipinski definition) is 4. The van der Waals surface area contributed by atoms with Crippen molar-refractivity contribution in [1.82, 2.24) is 19.9 Å². The van der Waals surface area contributed by atoms with Gasteiger partial charge in [-0.05, 0) is 48.0 Å². The van der Waals surface area contributed by atoms with E-state index >= 15 is 0 Å². The first-order valence-corrected chi connectivity index (χ1v) is 7.67. The van der Waals surface area contributed by atoms with Crippen molar-refractivity contribution in [2.45, 2.75) is 0 Å². The summed E-state index contributed by atoms with van der Waals surface area (Å²) in [5, 5.41) is 1.66. The lowest BCUT2D eigenvalue weighted by Gasteiger charge is -2.20. The minimum Gasteiger partial charge on any atom is -0.345 e. The van der Waals surface area contributed by atoms with Crippen molar-refractivity contribution in [2.24, 2.45) is 0 Å². The number of aromatic nitrogens is 4. The van der Waals surface area contributed by atoms with Crippen molar-refractivity contribution in [3.63, 3.8) is 0 Å². The number of nitrogens with one attached hydrogen (secondary N) is 1. The topological polar surface area (TPSA) is 57.7 Å². The third-order valence-electron chi connectivity index (χ3n) is 3.72. The van der Waals surface area contributed by atoms with Gasteiger partial charge in [0.05, 0.1) is 22.9 Å². The number of nitrogens with zero attached hydrogens (tertiary/aromatic N) is 4. The predicted molar refractivity (Wildman–Crippen MR) is 93.7 cm³/mol. The molecule has 2 heterocycles. The Bertz CT molecular complexity index is 1030. The zero-order chi connectivity index (χ0) is 16.0. The molecule has 4 aromatic rings. The van der Waals surface area contributed by atoms with Gasteiger partial charge in [0.25, 0.3) is 0 Å². The van der Waals surface area contributed by atoms with Gasteiger partial charge in [-0.2, -0.15) is 4.98 Å². The number of benzene rings is 2. The molecule has 0 fully saturated rings. The fraction of sp³-hybridized carbons (Fsp3) is 0.0625. The molecule has 0 spiro atoms. The van der Waals surface area contributed by atoms with E-state index in [0.29, 0.717) is 10.8 Å². The smallest absolute Gasteiger partial charge is 0.224 e. The van der Waals surface area contributed by atoms with Gasteiger partial charge in [-0.25, -0.2) is 9.97 Å². The molecule has 0 aliphatic carbocycles. The first-order chi connectivity index (χ1) is 11.1. The minimum absolute atomic E-state index is 0.197. The summed E-state index contributed by atoms with van der Waals surface area (Å²) in [6, 6.07) is 11.4. The molecule has 114 valence electrons. The summed E-state index contributed by atoms with van der Waals surface area (Å²) in [6.07, 6.45) is 1.67. The maximum atomic E-state index is 6.12. The first-order valence-electron chi connectivity index (χ1n) is 6.91. The molecule has 0 saturated heterocycles. The number of fused-ring (bicyclic) bond motifs is 2. The molecule has 0 atom stereocenters. The Morgan fingerprint density at radius 2 is 1.87 bits per heavy atom. The molecule has 4 rings (SSSR count). The van der Waals surface area contributed by atoms with E-state index in [1.807, 2.05) is 42.3 Å². The largest absolute Gasteiger partial charge is 0.345 e. The van der Waals surface area contributed by atoms with Crippen molar-refractivity contribution in [3.05, 3.63) is 53.0 Å². The van der Waals surface area contributed by atoms with Gasteiger partial charge in [-0.15, -0.1) is 0 Å². The SMILES string of the molecule is CN(c1ccc2[nH]cnc2c1)c1nc(Cl)nc2ccc(Cl)cc12. The summed E-state index contributed by atoms with van der Waals surface area (Å²) in [4.78, 5) is 17.9. The summed E-state index contributed by atoms with van der Waals surface area (Å²) >= 11 is 12.2. The molecular formula is C16H11Cl2N5. The Balaban J connectivity index is 1.91. The lowest BCUT2D eigenvalue weighted by atomic mass is 10.2. The Morgan fingerprint density at radius 3 is 2.74 bits per heavy atom. The van der Waals surface area contributed by atoms with E-state index in [-0.39, 0.29) is 5.28 Å². The second kappa shape index (κ2) is 5.37. The number of anilines is 2. The number of rotatable bonds is 2. The minimum atomic E-state index is 0.197. The van der Waals surface area contributed by atoms with Crippen LogP contribution in [0.4, 0.5) is 11.5 Å². The highest BCUT2D eigenvalue weighted by Crippen LogP contribution is 2.32. The highest BCUT2D eigenvalue weighted by molar-refractivity contribution is 6.31. The van der Waals surface area contributed by atoms with Crippen molar-refractivity contribution in [1.29, 1.82) is 0 Å². The Hall–Kier alpha value is -2.37. The Morgan fingerprint density at radius 1 is 1.00 bits per heavy atom. The quantitative estimate of drug-likeness (QED) is 0.541. The molecule has 0 unspecified atom stereocenters. The normalized spacial score (nSPS) is 11.3. The van der Waals surface area contributed by atoms with Gasteiger partial charge in [-0.3, -0.25) is 0 Å². The van der Waals surface area contributed by atoms with Gasteiger partial charge in [0, 0.05) is 23.1 Å². The molecule has 0 amide bonds. The van der Waals surface area contributed by atoms with E-state index < -0.39 is 0 Å². The fourth-order valence-electron chi connectivity index (χ4n) is 2.56. The highest BCUT2D eigenvalue weighted by atomic mass is 35.5. The fourth-order valence-corrected chi connectivity index (χ4v) is 2.91. The van der Waals surface area contributed by atoms with Crippen LogP contribution in [-0.4, -0.2) is 27.0 Å². The van der Waals surface area contributed by atoms with Crippen molar-refractivity contribution < 1.29 is 0 Å². The molecule has 0 saturated carbocycles.